The fraction of sp³-hybridized carbons (Fsp3) is 0.350. The summed E-state index contributed by atoms with van der Waals surface area (Å²) in [6, 6.07) is 15.4. The van der Waals surface area contributed by atoms with Gasteiger partial charge in [0.15, 0.2) is 0 Å². The number of aryl methyl sites for hydroxylation is 1. The predicted octanol–water partition coefficient (Wildman–Crippen LogP) is 4.83. The van der Waals surface area contributed by atoms with Crippen LogP contribution in [0.2, 0.25) is 0 Å². The van der Waals surface area contributed by atoms with Gasteiger partial charge in [0.25, 0.3) is 0 Å². The van der Waals surface area contributed by atoms with Crippen LogP contribution in [0, 0.1) is 6.92 Å². The molecule has 0 aromatic heterocycles. The lowest BCUT2D eigenvalue weighted by Gasteiger charge is -2.07. The Morgan fingerprint density at radius 3 is 2.38 bits per heavy atom. The van der Waals surface area contributed by atoms with Crippen LogP contribution in [0.4, 0.5) is 5.69 Å². The van der Waals surface area contributed by atoms with E-state index in [1.807, 2.05) is 49.4 Å². The lowest BCUT2D eigenvalue weighted by molar-refractivity contribution is -0.117. The van der Waals surface area contributed by atoms with Gasteiger partial charge in [-0.3, -0.25) is 15.1 Å². The van der Waals surface area contributed by atoms with Gasteiger partial charge in [0.2, 0.25) is 0 Å². The number of para-hydroxylation sites is 1. The smallest absolute Gasteiger partial charge is 0.132 e. The topological polar surface area (TPSA) is 58.6 Å². The molecule has 4 nitrogen and oxygen atoms in total. The van der Waals surface area contributed by atoms with Crippen LogP contribution in [0.1, 0.15) is 44.2 Å². The van der Waals surface area contributed by atoms with E-state index < -0.39 is 0 Å². The fourth-order valence-corrected chi connectivity index (χ4v) is 1.98. The van der Waals surface area contributed by atoms with Gasteiger partial charge in [-0.05, 0) is 49.1 Å². The third-order valence-electron chi connectivity index (χ3n) is 3.33. The molecule has 24 heavy (non-hydrogen) atoms. The van der Waals surface area contributed by atoms with Crippen LogP contribution in [0.25, 0.3) is 0 Å². The third-order valence-corrected chi connectivity index (χ3v) is 3.33. The molecule has 0 atom stereocenters. The van der Waals surface area contributed by atoms with Gasteiger partial charge in [0.1, 0.15) is 11.5 Å². The number of rotatable bonds is 6. The van der Waals surface area contributed by atoms with E-state index in [1.165, 1.54) is 0 Å². The fourth-order valence-electron chi connectivity index (χ4n) is 1.98. The number of anilines is 1. The average molecular weight is 329 g/mol. The zero-order valence-electron chi connectivity index (χ0n) is 14.9. The molecule has 0 saturated heterocycles. The molecule has 2 N–H and O–H groups in total. The second-order valence-corrected chi connectivity index (χ2v) is 5.99. The quantitative estimate of drug-likeness (QED) is 0.588. The standard InChI is InChI=1S/C10H13NO2.C10H14O/c1-9(12)7-8-13-11-10-5-3-2-4-6-10;1-7(2)9-5-4-8(3)6-10(9)11/h2-6,11H,7-8H2,1H3;4-7,11H,1-3H3. The molecule has 0 fully saturated rings. The molecule has 0 bridgehead atoms. The molecule has 0 heterocycles. The van der Waals surface area contributed by atoms with Gasteiger partial charge < -0.3 is 5.11 Å². The van der Waals surface area contributed by atoms with Crippen molar-refractivity contribution in [1.82, 2.24) is 0 Å². The van der Waals surface area contributed by atoms with Crippen molar-refractivity contribution >= 4 is 11.5 Å². The first-order chi connectivity index (χ1) is 11.4. The first kappa shape index (κ1) is 19.7. The molecule has 0 amide bonds. The van der Waals surface area contributed by atoms with E-state index in [9.17, 15) is 9.90 Å². The Morgan fingerprint density at radius 1 is 1.17 bits per heavy atom. The second-order valence-electron chi connectivity index (χ2n) is 5.99. The number of Topliss-reactive ketones (excluding diaryl/α,β-unsaturated/α-hetero) is 1. The molecule has 0 aliphatic carbocycles. The van der Waals surface area contributed by atoms with Gasteiger partial charge in [-0.15, -0.1) is 0 Å². The summed E-state index contributed by atoms with van der Waals surface area (Å²) in [5.74, 6) is 0.950. The Morgan fingerprint density at radius 2 is 1.83 bits per heavy atom. The van der Waals surface area contributed by atoms with Gasteiger partial charge in [-0.2, -0.15) is 0 Å². The van der Waals surface area contributed by atoms with E-state index >= 15 is 0 Å². The summed E-state index contributed by atoms with van der Waals surface area (Å²) in [6.45, 7) is 8.08. The average Bonchev–Trinajstić information content (AvgIpc) is 2.52. The molecule has 130 valence electrons. The van der Waals surface area contributed by atoms with Crippen LogP contribution in [0.15, 0.2) is 48.5 Å². The molecule has 0 aliphatic rings. The first-order valence-electron chi connectivity index (χ1n) is 8.12. The number of hydrogen-bond donors (Lipinski definition) is 2. The maximum absolute atomic E-state index is 10.5. The minimum Gasteiger partial charge on any atom is -0.508 e. The van der Waals surface area contributed by atoms with Crippen molar-refractivity contribution in [3.05, 3.63) is 59.7 Å². The molecule has 0 spiro atoms. The predicted molar refractivity (Wildman–Crippen MR) is 98.2 cm³/mol. The van der Waals surface area contributed by atoms with Crippen LogP contribution in [0.3, 0.4) is 0 Å². The monoisotopic (exact) mass is 329 g/mol. The summed E-state index contributed by atoms with van der Waals surface area (Å²) < 4.78 is 0. The highest BCUT2D eigenvalue weighted by atomic mass is 16.6. The normalized spacial score (nSPS) is 10.0. The van der Waals surface area contributed by atoms with Crippen molar-refractivity contribution in [2.75, 3.05) is 12.1 Å². The van der Waals surface area contributed by atoms with Gasteiger partial charge >= 0.3 is 0 Å². The highest BCUT2D eigenvalue weighted by molar-refractivity contribution is 5.75. The van der Waals surface area contributed by atoms with Crippen molar-refractivity contribution in [3.63, 3.8) is 0 Å². The van der Waals surface area contributed by atoms with Crippen molar-refractivity contribution in [3.8, 4) is 5.75 Å². The number of carbonyl (C=O) groups is 1. The zero-order chi connectivity index (χ0) is 17.9. The van der Waals surface area contributed by atoms with E-state index in [0.717, 1.165) is 16.8 Å². The maximum Gasteiger partial charge on any atom is 0.132 e. The first-order valence-corrected chi connectivity index (χ1v) is 8.12. The molecule has 2 rings (SSSR count). The number of benzene rings is 2. The number of ketones is 1. The minimum atomic E-state index is 0.134. The van der Waals surface area contributed by atoms with Crippen LogP contribution < -0.4 is 5.48 Å². The Balaban J connectivity index is 0.000000243. The minimum absolute atomic E-state index is 0.134. The zero-order valence-corrected chi connectivity index (χ0v) is 14.9. The SMILES string of the molecule is CC(=O)CCONc1ccccc1.Cc1ccc(C(C)C)c(O)c1. The molecular formula is C20H27NO3. The van der Waals surface area contributed by atoms with Gasteiger partial charge in [0, 0.05) is 6.42 Å². The number of carbonyl (C=O) groups excluding carboxylic acids is 1. The Hall–Kier alpha value is -2.33. The number of hydrogen-bond acceptors (Lipinski definition) is 4. The summed E-state index contributed by atoms with van der Waals surface area (Å²) in [5, 5.41) is 9.46. The van der Waals surface area contributed by atoms with Gasteiger partial charge in [0.05, 0.1) is 12.3 Å². The van der Waals surface area contributed by atoms with Crippen molar-refractivity contribution < 1.29 is 14.7 Å². The lowest BCUT2D eigenvalue weighted by Crippen LogP contribution is -2.05. The molecule has 0 saturated carbocycles. The van der Waals surface area contributed by atoms with E-state index in [2.05, 4.69) is 19.3 Å². The summed E-state index contributed by atoms with van der Waals surface area (Å²) in [6.07, 6.45) is 0.444. The van der Waals surface area contributed by atoms with Crippen molar-refractivity contribution in [2.45, 2.75) is 40.0 Å². The van der Waals surface area contributed by atoms with E-state index in [-0.39, 0.29) is 5.78 Å². The summed E-state index contributed by atoms with van der Waals surface area (Å²) >= 11 is 0. The number of nitrogens with one attached hydrogen (secondary N) is 1. The van der Waals surface area contributed by atoms with Crippen molar-refractivity contribution in [2.24, 2.45) is 0 Å². The van der Waals surface area contributed by atoms with Crippen LogP contribution >= 0.6 is 0 Å². The van der Waals surface area contributed by atoms with Crippen LogP contribution in [0.5, 0.6) is 5.75 Å². The summed E-state index contributed by atoms with van der Waals surface area (Å²) in [7, 11) is 0. The number of phenolic OH excluding ortho intramolecular Hbond substituents is 1. The lowest BCUT2D eigenvalue weighted by atomic mass is 10.0. The number of aromatic hydroxyl groups is 1. The maximum atomic E-state index is 10.5. The Bertz CT molecular complexity index is 624. The molecule has 0 unspecified atom stereocenters. The summed E-state index contributed by atoms with van der Waals surface area (Å²) in [5.41, 5.74) is 5.77. The molecule has 2 aromatic carbocycles. The largest absolute Gasteiger partial charge is 0.508 e. The molecule has 0 aliphatic heterocycles. The number of phenols is 1. The molecule has 4 heteroatoms. The van der Waals surface area contributed by atoms with Crippen molar-refractivity contribution in [1.29, 1.82) is 0 Å². The van der Waals surface area contributed by atoms with E-state index in [1.54, 1.807) is 13.0 Å². The second kappa shape index (κ2) is 10.4. The van der Waals surface area contributed by atoms with E-state index in [4.69, 9.17) is 4.84 Å². The van der Waals surface area contributed by atoms with Crippen LogP contribution in [-0.4, -0.2) is 17.5 Å². The Kier molecular flexibility index (Phi) is 8.58. The molecule has 2 aromatic rings. The molecule has 0 radical (unpaired) electrons. The highest BCUT2D eigenvalue weighted by Crippen LogP contribution is 2.25. The highest BCUT2D eigenvalue weighted by Gasteiger charge is 2.03. The summed E-state index contributed by atoms with van der Waals surface area (Å²) in [4.78, 5) is 15.6. The third kappa shape index (κ3) is 7.79. The van der Waals surface area contributed by atoms with Crippen LogP contribution in [-0.2, 0) is 9.63 Å². The van der Waals surface area contributed by atoms with Gasteiger partial charge in [-0.1, -0.05) is 44.2 Å². The van der Waals surface area contributed by atoms with Gasteiger partial charge in [-0.25, -0.2) is 0 Å². The molecular weight excluding hydrogens is 302 g/mol. The Labute approximate surface area is 144 Å². The van der Waals surface area contributed by atoms with E-state index in [0.29, 0.717) is 24.7 Å².